The lowest BCUT2D eigenvalue weighted by molar-refractivity contribution is -0.166. The molecule has 0 saturated heterocycles. The molecule has 0 spiro atoms. The van der Waals surface area contributed by atoms with Crippen LogP contribution in [0.3, 0.4) is 0 Å². The van der Waals surface area contributed by atoms with E-state index in [0.717, 1.165) is 56.9 Å². The summed E-state index contributed by atoms with van der Waals surface area (Å²) in [6.07, 6.45) is 13.3. The third kappa shape index (κ3) is 13.2. The average molecular weight is 835 g/mol. The number of nitrogens with zero attached hydrogens (tertiary/aromatic N) is 2. The van der Waals surface area contributed by atoms with Crippen LogP contribution in [0.4, 0.5) is 5.69 Å². The van der Waals surface area contributed by atoms with E-state index in [0.29, 0.717) is 18.0 Å². The third-order valence-electron chi connectivity index (χ3n) is 9.95. The number of hydrogen-bond donors (Lipinski definition) is 2. The molecule has 1 aliphatic heterocycles. The maximum Gasteiger partial charge on any atom is 0.351 e. The molecule has 1 atom stereocenters. The van der Waals surface area contributed by atoms with E-state index in [4.69, 9.17) is 19.3 Å². The second-order valence-corrected chi connectivity index (χ2v) is 17.6. The quantitative estimate of drug-likeness (QED) is 0.0574. The van der Waals surface area contributed by atoms with Crippen LogP contribution in [0.25, 0.3) is 46.1 Å². The van der Waals surface area contributed by atoms with E-state index in [2.05, 4.69) is 34.5 Å². The van der Waals surface area contributed by atoms with Gasteiger partial charge in [0.05, 0.1) is 17.1 Å². The summed E-state index contributed by atoms with van der Waals surface area (Å²) in [5.74, 6) is -0.389. The van der Waals surface area contributed by atoms with E-state index in [-0.39, 0.29) is 5.91 Å². The van der Waals surface area contributed by atoms with Crippen LogP contribution in [-0.4, -0.2) is 50.8 Å². The zero-order valence-corrected chi connectivity index (χ0v) is 36.9. The predicted molar refractivity (Wildman–Crippen MR) is 248 cm³/mol. The first-order chi connectivity index (χ1) is 29.6. The fourth-order valence-electron chi connectivity index (χ4n) is 6.85. The number of carbonyl (C=O) groups excluding carboxylic acids is 3. The number of amides is 1. The Morgan fingerprint density at radius 2 is 1.29 bits per heavy atom. The van der Waals surface area contributed by atoms with Gasteiger partial charge in [0.2, 0.25) is 12.0 Å². The highest BCUT2D eigenvalue weighted by molar-refractivity contribution is 6.04. The number of aromatic nitrogens is 2. The molecule has 322 valence electrons. The standard InChI is InChI=1S/C52H58N4O6/c1-8-9-10-11-12-13-35-18-30-42(31-19-35)53-45(57)32-20-36-14-22-39(23-15-36)47-48(40-24-16-37(17-25-40)21-33-46(58)60-51(2,3)4)55-49(54-47)41-28-26-38(27-29-41)43-34-44(62-56-43)50(59)61-52(5,6)7/h14-33,44H,8-13,34H2,1-7H3,(H,53,57)(H,54,55)/b32-20?,33-21+. The molecule has 1 unspecified atom stereocenters. The number of unbranched alkanes of at least 4 members (excludes halogenated alkanes) is 4. The molecule has 0 radical (unpaired) electrons. The first-order valence-electron chi connectivity index (χ1n) is 21.5. The Bertz CT molecular complexity index is 2390. The lowest BCUT2D eigenvalue weighted by Gasteiger charge is -2.20. The number of aryl methyl sites for hydroxylation is 1. The molecule has 2 heterocycles. The number of imidazole rings is 1. The summed E-state index contributed by atoms with van der Waals surface area (Å²) in [6.45, 7) is 13.2. The van der Waals surface area contributed by atoms with Crippen LogP contribution >= 0.6 is 0 Å². The summed E-state index contributed by atoms with van der Waals surface area (Å²) in [5, 5.41) is 7.15. The molecule has 0 bridgehead atoms. The number of hydrogen-bond acceptors (Lipinski definition) is 8. The van der Waals surface area contributed by atoms with Crippen LogP contribution in [0.2, 0.25) is 0 Å². The number of ether oxygens (including phenoxy) is 2. The van der Waals surface area contributed by atoms with Crippen LogP contribution in [-0.2, 0) is 35.1 Å². The van der Waals surface area contributed by atoms with Gasteiger partial charge in [0.1, 0.15) is 17.0 Å². The van der Waals surface area contributed by atoms with Gasteiger partial charge in [0.25, 0.3) is 0 Å². The van der Waals surface area contributed by atoms with Crippen molar-refractivity contribution >= 4 is 41.4 Å². The number of oxime groups is 1. The van der Waals surface area contributed by atoms with Gasteiger partial charge in [-0.1, -0.05) is 123 Å². The Balaban J connectivity index is 1.18. The summed E-state index contributed by atoms with van der Waals surface area (Å²) < 4.78 is 10.9. The van der Waals surface area contributed by atoms with Crippen molar-refractivity contribution in [3.05, 3.63) is 131 Å². The molecule has 0 saturated carbocycles. The SMILES string of the molecule is CCCCCCCc1ccc(NC(=O)C=Cc2ccc(-c3[nH]c(-c4ccc(C5=NOC(C(=O)OC(C)(C)C)C5)cc4)nc3-c3ccc(/C=C/C(=O)OC(C)(C)C)cc3)cc2)cc1. The fourth-order valence-corrected chi connectivity index (χ4v) is 6.85. The minimum absolute atomic E-state index is 0.201. The molecular weight excluding hydrogens is 777 g/mol. The van der Waals surface area contributed by atoms with Crippen molar-refractivity contribution in [2.45, 2.75) is 111 Å². The maximum absolute atomic E-state index is 12.8. The predicted octanol–water partition coefficient (Wildman–Crippen LogP) is 11.8. The van der Waals surface area contributed by atoms with Gasteiger partial charge < -0.3 is 24.6 Å². The van der Waals surface area contributed by atoms with Crippen LogP contribution in [0, 0.1) is 0 Å². The van der Waals surface area contributed by atoms with E-state index >= 15 is 0 Å². The summed E-state index contributed by atoms with van der Waals surface area (Å²) in [6, 6.07) is 31.6. The van der Waals surface area contributed by atoms with Gasteiger partial charge in [-0.05, 0) is 101 Å². The Morgan fingerprint density at radius 1 is 0.710 bits per heavy atom. The number of nitrogens with one attached hydrogen (secondary N) is 2. The second kappa shape index (κ2) is 20.3. The van der Waals surface area contributed by atoms with Crippen LogP contribution in [0.5, 0.6) is 0 Å². The molecule has 0 aliphatic carbocycles. The first-order valence-corrected chi connectivity index (χ1v) is 21.5. The molecule has 5 aromatic rings. The highest BCUT2D eigenvalue weighted by Crippen LogP contribution is 2.34. The monoisotopic (exact) mass is 834 g/mol. The van der Waals surface area contributed by atoms with Gasteiger partial charge in [-0.3, -0.25) is 4.79 Å². The van der Waals surface area contributed by atoms with E-state index in [1.165, 1.54) is 43.7 Å². The van der Waals surface area contributed by atoms with Gasteiger partial charge >= 0.3 is 11.9 Å². The molecule has 1 aliphatic rings. The molecule has 10 nitrogen and oxygen atoms in total. The molecule has 2 N–H and O–H groups in total. The molecule has 62 heavy (non-hydrogen) atoms. The number of carbonyl (C=O) groups is 3. The number of benzene rings is 4. The van der Waals surface area contributed by atoms with E-state index in [1.54, 1.807) is 18.2 Å². The van der Waals surface area contributed by atoms with Gasteiger partial charge in [-0.15, -0.1) is 0 Å². The maximum atomic E-state index is 12.8. The zero-order chi connectivity index (χ0) is 44.3. The number of H-pyrrole nitrogens is 1. The number of rotatable bonds is 16. The highest BCUT2D eigenvalue weighted by Gasteiger charge is 2.33. The van der Waals surface area contributed by atoms with Gasteiger partial charge in [0, 0.05) is 41.0 Å². The Kier molecular flexibility index (Phi) is 14.8. The Hall–Kier alpha value is -6.55. The smallest absolute Gasteiger partial charge is 0.351 e. The topological polar surface area (TPSA) is 132 Å². The number of aromatic amines is 1. The van der Waals surface area contributed by atoms with Gasteiger partial charge in [-0.25, -0.2) is 14.6 Å². The zero-order valence-electron chi connectivity index (χ0n) is 36.9. The van der Waals surface area contributed by atoms with Crippen molar-refractivity contribution in [2.24, 2.45) is 5.16 Å². The highest BCUT2D eigenvalue weighted by atomic mass is 16.7. The molecule has 1 aromatic heterocycles. The van der Waals surface area contributed by atoms with Crippen molar-refractivity contribution in [2.75, 3.05) is 5.32 Å². The number of anilines is 1. The lowest BCUT2D eigenvalue weighted by atomic mass is 10.0. The van der Waals surface area contributed by atoms with E-state index in [9.17, 15) is 14.4 Å². The summed E-state index contributed by atoms with van der Waals surface area (Å²) in [4.78, 5) is 51.8. The van der Waals surface area contributed by atoms with Crippen molar-refractivity contribution in [1.29, 1.82) is 0 Å². The largest absolute Gasteiger partial charge is 0.457 e. The Labute approximate surface area is 365 Å². The van der Waals surface area contributed by atoms with Gasteiger partial charge in [-0.2, -0.15) is 0 Å². The van der Waals surface area contributed by atoms with E-state index < -0.39 is 29.2 Å². The van der Waals surface area contributed by atoms with Crippen molar-refractivity contribution in [3.63, 3.8) is 0 Å². The summed E-state index contributed by atoms with van der Waals surface area (Å²) in [7, 11) is 0. The fraction of sp³-hybridized carbons (Fsp3) is 0.327. The lowest BCUT2D eigenvalue weighted by Crippen LogP contribution is -2.32. The molecule has 1 amide bonds. The van der Waals surface area contributed by atoms with Gasteiger partial charge in [0.15, 0.2) is 0 Å². The Morgan fingerprint density at radius 3 is 1.92 bits per heavy atom. The number of esters is 2. The van der Waals surface area contributed by atoms with E-state index in [1.807, 2.05) is 126 Å². The molecular formula is C52H58N4O6. The second-order valence-electron chi connectivity index (χ2n) is 17.6. The van der Waals surface area contributed by atoms with Crippen LogP contribution in [0.15, 0.2) is 114 Å². The van der Waals surface area contributed by atoms with Crippen molar-refractivity contribution < 1.29 is 28.7 Å². The van der Waals surface area contributed by atoms with Crippen molar-refractivity contribution in [3.8, 4) is 33.9 Å². The minimum atomic E-state index is -0.783. The molecule has 6 rings (SSSR count). The normalized spacial score (nSPS) is 14.2. The minimum Gasteiger partial charge on any atom is -0.457 e. The molecule has 10 heteroatoms. The molecule has 0 fully saturated rings. The third-order valence-corrected chi connectivity index (χ3v) is 9.95. The van der Waals surface area contributed by atoms with Crippen LogP contribution < -0.4 is 5.32 Å². The average Bonchev–Trinajstić information content (AvgIpc) is 3.92. The summed E-state index contributed by atoms with van der Waals surface area (Å²) >= 11 is 0. The van der Waals surface area contributed by atoms with Crippen molar-refractivity contribution in [1.82, 2.24) is 9.97 Å². The summed E-state index contributed by atoms with van der Waals surface area (Å²) in [5.41, 5.74) is 8.24. The first kappa shape index (κ1) is 45.0. The van der Waals surface area contributed by atoms with Crippen LogP contribution in [0.1, 0.15) is 109 Å². The molecule has 4 aromatic carbocycles.